The molecule has 2 aliphatic rings. The van der Waals surface area contributed by atoms with Crippen molar-refractivity contribution in [3.63, 3.8) is 0 Å². The lowest BCUT2D eigenvalue weighted by atomic mass is 9.81. The van der Waals surface area contributed by atoms with Crippen LogP contribution in [0.2, 0.25) is 0 Å². The van der Waals surface area contributed by atoms with Crippen LogP contribution in [0.15, 0.2) is 35.6 Å². The second-order valence-corrected chi connectivity index (χ2v) is 5.76. The van der Waals surface area contributed by atoms with Crippen molar-refractivity contribution in [3.05, 3.63) is 35.6 Å². The maximum absolute atomic E-state index is 8.05. The summed E-state index contributed by atoms with van der Waals surface area (Å²) >= 11 is 0. The van der Waals surface area contributed by atoms with Crippen LogP contribution >= 0.6 is 0 Å². The van der Waals surface area contributed by atoms with E-state index in [9.17, 15) is 0 Å². The maximum Gasteiger partial charge on any atom is 0.332 e. The monoisotopic (exact) mass is 248 g/mol. The first kappa shape index (κ1) is 13.2. The highest BCUT2D eigenvalue weighted by Crippen LogP contribution is 2.25. The molecule has 97 valence electrons. The van der Waals surface area contributed by atoms with Crippen molar-refractivity contribution in [3.8, 4) is 0 Å². The summed E-state index contributed by atoms with van der Waals surface area (Å²) in [7, 11) is 1.72. The zero-order valence-corrected chi connectivity index (χ0v) is 11.4. The third-order valence-corrected chi connectivity index (χ3v) is 3.62. The standard InChI is InChI=1S/C13H20BN2O2/c1-12(2,17)13(3,4)18-14-10-7-9-5-6-15-11(9)16-8-10/h5-8,11,15-17H,1-4H3/p+1. The van der Waals surface area contributed by atoms with E-state index in [0.717, 1.165) is 5.47 Å². The Kier molecular flexibility index (Phi) is 3.30. The van der Waals surface area contributed by atoms with Crippen LogP contribution in [-0.4, -0.2) is 30.0 Å². The SMILES string of the molecule is CC(C)([OH2+])C(C)(C)O[B]C1=CNC2NC=CC2=C1. The van der Waals surface area contributed by atoms with Crippen molar-refractivity contribution in [2.45, 2.75) is 45.1 Å². The molecule has 0 saturated carbocycles. The molecule has 0 aromatic heterocycles. The molecule has 2 rings (SSSR count). The van der Waals surface area contributed by atoms with Crippen LogP contribution in [0.1, 0.15) is 27.7 Å². The van der Waals surface area contributed by atoms with Crippen molar-refractivity contribution in [1.29, 1.82) is 0 Å². The van der Waals surface area contributed by atoms with Gasteiger partial charge in [0, 0.05) is 13.8 Å². The molecular weight excluding hydrogens is 227 g/mol. The van der Waals surface area contributed by atoms with E-state index >= 15 is 0 Å². The van der Waals surface area contributed by atoms with Crippen molar-refractivity contribution in [2.75, 3.05) is 0 Å². The van der Waals surface area contributed by atoms with E-state index in [2.05, 4.69) is 16.7 Å². The predicted octanol–water partition coefficient (Wildman–Crippen LogP) is 0.718. The molecular formula is C13H21BN2O2+. The second kappa shape index (κ2) is 4.48. The number of rotatable bonds is 4. The number of hydrogen-bond donors (Lipinski definition) is 2. The van der Waals surface area contributed by atoms with Crippen molar-refractivity contribution >= 4 is 7.48 Å². The Morgan fingerprint density at radius 1 is 1.28 bits per heavy atom. The molecule has 0 bridgehead atoms. The third-order valence-electron chi connectivity index (χ3n) is 3.62. The molecule has 4 nitrogen and oxygen atoms in total. The van der Waals surface area contributed by atoms with Crippen LogP contribution in [0.4, 0.5) is 0 Å². The molecule has 1 unspecified atom stereocenters. The molecule has 0 fully saturated rings. The van der Waals surface area contributed by atoms with Crippen molar-refractivity contribution < 1.29 is 9.76 Å². The lowest BCUT2D eigenvalue weighted by Gasteiger charge is -2.34. The summed E-state index contributed by atoms with van der Waals surface area (Å²) in [5, 5.41) is 14.5. The van der Waals surface area contributed by atoms with Crippen molar-refractivity contribution in [1.82, 2.24) is 10.6 Å². The molecule has 2 heterocycles. The van der Waals surface area contributed by atoms with Gasteiger partial charge >= 0.3 is 7.48 Å². The smallest absolute Gasteiger partial charge is 0.332 e. The number of allylic oxidation sites excluding steroid dienone is 2. The van der Waals surface area contributed by atoms with Crippen molar-refractivity contribution in [2.24, 2.45) is 0 Å². The summed E-state index contributed by atoms with van der Waals surface area (Å²) in [6.45, 7) is 7.57. The summed E-state index contributed by atoms with van der Waals surface area (Å²) in [6, 6.07) is 0. The minimum Gasteiger partial charge on any atom is -0.439 e. The molecule has 0 aromatic rings. The average molecular weight is 248 g/mol. The first-order valence-electron chi connectivity index (χ1n) is 6.16. The van der Waals surface area contributed by atoms with E-state index < -0.39 is 11.2 Å². The van der Waals surface area contributed by atoms with Gasteiger partial charge in [-0.3, -0.25) is 0 Å². The lowest BCUT2D eigenvalue weighted by molar-refractivity contribution is -0.0896. The van der Waals surface area contributed by atoms with E-state index in [1.54, 1.807) is 7.48 Å². The van der Waals surface area contributed by atoms with Gasteiger partial charge in [-0.05, 0) is 43.4 Å². The molecule has 1 atom stereocenters. The van der Waals surface area contributed by atoms with Gasteiger partial charge in [-0.2, -0.15) is 0 Å². The predicted molar refractivity (Wildman–Crippen MR) is 74.0 cm³/mol. The van der Waals surface area contributed by atoms with Crippen LogP contribution in [0, 0.1) is 0 Å². The quantitative estimate of drug-likeness (QED) is 0.569. The molecule has 0 saturated heterocycles. The maximum atomic E-state index is 8.05. The Bertz CT molecular complexity index is 419. The van der Waals surface area contributed by atoms with Gasteiger partial charge in [0.25, 0.3) is 0 Å². The Hall–Kier alpha value is -1.20. The molecule has 0 amide bonds. The van der Waals surface area contributed by atoms with Gasteiger partial charge in [0.2, 0.25) is 0 Å². The van der Waals surface area contributed by atoms with Crippen LogP contribution in [0.3, 0.4) is 0 Å². The minimum atomic E-state index is -0.656. The molecule has 5 heteroatoms. The normalized spacial score (nSPS) is 22.6. The number of fused-ring (bicyclic) bond motifs is 1. The van der Waals surface area contributed by atoms with Crippen LogP contribution in [0.25, 0.3) is 0 Å². The topological polar surface area (TPSA) is 56.2 Å². The fraction of sp³-hybridized carbons (Fsp3) is 0.538. The fourth-order valence-electron chi connectivity index (χ4n) is 1.55. The largest absolute Gasteiger partial charge is 0.439 e. The fourth-order valence-corrected chi connectivity index (χ4v) is 1.55. The van der Waals surface area contributed by atoms with E-state index in [1.165, 1.54) is 5.57 Å². The Morgan fingerprint density at radius 3 is 2.67 bits per heavy atom. The summed E-state index contributed by atoms with van der Waals surface area (Å²) in [5.41, 5.74) is 0.978. The van der Waals surface area contributed by atoms with Gasteiger partial charge in [0.1, 0.15) is 11.8 Å². The number of hydrogen-bond acceptors (Lipinski definition) is 3. The third kappa shape index (κ3) is 2.62. The van der Waals surface area contributed by atoms with Gasteiger partial charge < -0.3 is 20.4 Å². The summed E-state index contributed by atoms with van der Waals surface area (Å²) in [4.78, 5) is 0. The lowest BCUT2D eigenvalue weighted by Crippen LogP contribution is -2.48. The highest BCUT2D eigenvalue weighted by molar-refractivity contribution is 6.39. The summed E-state index contributed by atoms with van der Waals surface area (Å²) in [6.07, 6.45) is 8.14. The minimum absolute atomic E-state index is 0.183. The average Bonchev–Trinajstić information content (AvgIpc) is 2.71. The van der Waals surface area contributed by atoms with E-state index in [1.807, 2.05) is 46.2 Å². The molecule has 0 spiro atoms. The summed E-state index contributed by atoms with van der Waals surface area (Å²) in [5.74, 6) is 0. The van der Waals surface area contributed by atoms with Gasteiger partial charge in [-0.25, -0.2) is 0 Å². The Labute approximate surface area is 109 Å². The molecule has 18 heavy (non-hydrogen) atoms. The van der Waals surface area contributed by atoms with Crippen LogP contribution in [0.5, 0.6) is 0 Å². The highest BCUT2D eigenvalue weighted by Gasteiger charge is 2.40. The first-order valence-corrected chi connectivity index (χ1v) is 6.16. The molecule has 4 N–H and O–H groups in total. The van der Waals surface area contributed by atoms with Gasteiger partial charge in [0.05, 0.1) is 0 Å². The molecule has 1 radical (unpaired) electrons. The van der Waals surface area contributed by atoms with E-state index in [4.69, 9.17) is 9.76 Å². The van der Waals surface area contributed by atoms with Crippen LogP contribution in [-0.2, 0) is 4.65 Å². The van der Waals surface area contributed by atoms with Crippen LogP contribution < -0.4 is 10.6 Å². The second-order valence-electron chi connectivity index (χ2n) is 5.76. The molecule has 0 aliphatic carbocycles. The number of nitrogens with one attached hydrogen (secondary N) is 2. The molecule has 2 aliphatic heterocycles. The zero-order valence-electron chi connectivity index (χ0n) is 11.4. The van der Waals surface area contributed by atoms with Gasteiger partial charge in [-0.1, -0.05) is 6.08 Å². The number of dihydropyridines is 1. The summed E-state index contributed by atoms with van der Waals surface area (Å²) < 4.78 is 5.77. The van der Waals surface area contributed by atoms with Gasteiger partial charge in [0.15, 0.2) is 5.60 Å². The van der Waals surface area contributed by atoms with Gasteiger partial charge in [-0.15, -0.1) is 0 Å². The first-order chi connectivity index (χ1) is 8.29. The molecule has 0 aromatic carbocycles. The van der Waals surface area contributed by atoms with E-state index in [-0.39, 0.29) is 6.17 Å². The van der Waals surface area contributed by atoms with E-state index in [0.29, 0.717) is 0 Å². The zero-order chi connectivity index (χ0) is 13.4. The Balaban J connectivity index is 1.96. The Morgan fingerprint density at radius 2 is 2.00 bits per heavy atom. The highest BCUT2D eigenvalue weighted by atomic mass is 16.5.